The summed E-state index contributed by atoms with van der Waals surface area (Å²) in [6, 6.07) is 12.5. The predicted molar refractivity (Wildman–Crippen MR) is 137 cm³/mol. The monoisotopic (exact) mass is 506 g/mol. The van der Waals surface area contributed by atoms with Gasteiger partial charge in [0.1, 0.15) is 17.2 Å². The van der Waals surface area contributed by atoms with Gasteiger partial charge in [-0.25, -0.2) is 4.98 Å². The Bertz CT molecular complexity index is 1380. The van der Waals surface area contributed by atoms with E-state index in [0.29, 0.717) is 54.4 Å². The zero-order valence-corrected chi connectivity index (χ0v) is 21.0. The summed E-state index contributed by atoms with van der Waals surface area (Å²) in [6.07, 6.45) is 2.83. The molecule has 0 aliphatic carbocycles. The molecule has 2 aliphatic rings. The van der Waals surface area contributed by atoms with Gasteiger partial charge in [0.15, 0.2) is 5.72 Å². The van der Waals surface area contributed by atoms with Gasteiger partial charge in [-0.1, -0.05) is 6.07 Å². The van der Waals surface area contributed by atoms with Crippen LogP contribution in [0.5, 0.6) is 11.5 Å². The van der Waals surface area contributed by atoms with Crippen molar-refractivity contribution >= 4 is 46.1 Å². The highest BCUT2D eigenvalue weighted by molar-refractivity contribution is 7.98. The molecule has 5 rings (SSSR count). The van der Waals surface area contributed by atoms with E-state index in [9.17, 15) is 14.4 Å². The fraction of sp³-hybridized carbons (Fsp3) is 0.308. The number of thioether (sulfide) groups is 1. The molecule has 0 unspecified atom stereocenters. The molecule has 1 spiro atoms. The SMILES string of the molecule is COc1cc(C(=O)N2CCC3(CC2)NC(=O)c2cc(NC(C)=O)ccc2O3)nc2c(SC)cccc12. The fourth-order valence-corrected chi connectivity index (χ4v) is 5.25. The highest BCUT2D eigenvalue weighted by Gasteiger charge is 2.43. The largest absolute Gasteiger partial charge is 0.496 e. The Morgan fingerprint density at radius 2 is 1.97 bits per heavy atom. The third-order valence-electron chi connectivity index (χ3n) is 6.47. The van der Waals surface area contributed by atoms with Gasteiger partial charge in [0.25, 0.3) is 11.8 Å². The van der Waals surface area contributed by atoms with Gasteiger partial charge in [-0.3, -0.25) is 14.4 Å². The van der Waals surface area contributed by atoms with Crippen LogP contribution in [-0.4, -0.2) is 59.8 Å². The van der Waals surface area contributed by atoms with Gasteiger partial charge in [-0.15, -0.1) is 11.8 Å². The van der Waals surface area contributed by atoms with Crippen molar-refractivity contribution in [1.82, 2.24) is 15.2 Å². The molecule has 1 fully saturated rings. The first-order valence-electron chi connectivity index (χ1n) is 11.6. The fourth-order valence-electron chi connectivity index (χ4n) is 4.68. The van der Waals surface area contributed by atoms with Crippen LogP contribution in [0.15, 0.2) is 47.4 Å². The van der Waals surface area contributed by atoms with Gasteiger partial charge in [0.2, 0.25) is 5.91 Å². The van der Waals surface area contributed by atoms with Crippen LogP contribution in [-0.2, 0) is 4.79 Å². The van der Waals surface area contributed by atoms with E-state index in [1.165, 1.54) is 6.92 Å². The Morgan fingerprint density at radius 3 is 2.67 bits per heavy atom. The molecule has 2 aliphatic heterocycles. The molecule has 0 saturated carbocycles. The second kappa shape index (κ2) is 9.34. The number of piperidine rings is 1. The van der Waals surface area contributed by atoms with E-state index < -0.39 is 5.72 Å². The molecular formula is C26H26N4O5S. The average Bonchev–Trinajstić information content (AvgIpc) is 2.87. The topological polar surface area (TPSA) is 110 Å². The van der Waals surface area contributed by atoms with Gasteiger partial charge in [-0.2, -0.15) is 0 Å². The molecule has 10 heteroatoms. The van der Waals surface area contributed by atoms with Gasteiger partial charge in [0.05, 0.1) is 18.2 Å². The number of pyridine rings is 1. The van der Waals surface area contributed by atoms with E-state index in [1.54, 1.807) is 48.0 Å². The molecule has 36 heavy (non-hydrogen) atoms. The number of anilines is 1. The highest BCUT2D eigenvalue weighted by atomic mass is 32.2. The molecule has 0 radical (unpaired) electrons. The van der Waals surface area contributed by atoms with E-state index in [4.69, 9.17) is 9.47 Å². The lowest BCUT2D eigenvalue weighted by atomic mass is 9.96. The quantitative estimate of drug-likeness (QED) is 0.520. The molecule has 2 N–H and O–H groups in total. The van der Waals surface area contributed by atoms with Crippen molar-refractivity contribution in [2.45, 2.75) is 30.4 Å². The van der Waals surface area contributed by atoms with Gasteiger partial charge < -0.3 is 25.0 Å². The van der Waals surface area contributed by atoms with Crippen molar-refractivity contribution in [1.29, 1.82) is 0 Å². The summed E-state index contributed by atoms with van der Waals surface area (Å²) < 4.78 is 11.8. The number of para-hydroxylation sites is 1. The van der Waals surface area contributed by atoms with Gasteiger partial charge in [-0.05, 0) is 36.6 Å². The number of rotatable bonds is 4. The van der Waals surface area contributed by atoms with Crippen molar-refractivity contribution in [3.63, 3.8) is 0 Å². The molecule has 3 amide bonds. The number of carbonyl (C=O) groups excluding carboxylic acids is 3. The second-order valence-electron chi connectivity index (χ2n) is 8.80. The molecule has 3 aromatic rings. The minimum Gasteiger partial charge on any atom is -0.496 e. The summed E-state index contributed by atoms with van der Waals surface area (Å²) in [6.45, 7) is 2.19. The molecule has 3 heterocycles. The Morgan fingerprint density at radius 1 is 1.19 bits per heavy atom. The summed E-state index contributed by atoms with van der Waals surface area (Å²) in [5, 5.41) is 6.51. The van der Waals surface area contributed by atoms with E-state index >= 15 is 0 Å². The standard InChI is InChI=1S/C26H26N4O5S/c1-15(31)27-16-7-8-20-18(13-16)24(32)29-26(35-20)9-11-30(12-10-26)25(33)19-14-21(34-2)17-5-4-6-22(36-3)23(17)28-19/h4-8,13-14H,9-12H2,1-3H3,(H,27,31)(H,29,32). The van der Waals surface area contributed by atoms with Crippen molar-refractivity contribution in [2.75, 3.05) is 31.8 Å². The Kier molecular flexibility index (Phi) is 6.21. The number of ether oxygens (including phenoxy) is 2. The molecule has 186 valence electrons. The minimum atomic E-state index is -0.892. The van der Waals surface area contributed by atoms with E-state index in [0.717, 1.165) is 15.8 Å². The number of hydrogen-bond acceptors (Lipinski definition) is 7. The smallest absolute Gasteiger partial charge is 0.272 e. The summed E-state index contributed by atoms with van der Waals surface area (Å²) in [5.41, 5.74) is 1.05. The van der Waals surface area contributed by atoms with Crippen LogP contribution >= 0.6 is 11.8 Å². The highest BCUT2D eigenvalue weighted by Crippen LogP contribution is 2.36. The average molecular weight is 507 g/mol. The maximum absolute atomic E-state index is 13.4. The lowest BCUT2D eigenvalue weighted by molar-refractivity contribution is -0.114. The number of hydrogen-bond donors (Lipinski definition) is 2. The number of benzene rings is 2. The first-order chi connectivity index (χ1) is 17.3. The van der Waals surface area contributed by atoms with Crippen LogP contribution in [0.2, 0.25) is 0 Å². The summed E-state index contributed by atoms with van der Waals surface area (Å²) in [4.78, 5) is 45.0. The first kappa shape index (κ1) is 23.9. The van der Waals surface area contributed by atoms with Crippen molar-refractivity contribution in [2.24, 2.45) is 0 Å². The number of fused-ring (bicyclic) bond motifs is 2. The van der Waals surface area contributed by atoms with E-state index in [1.807, 2.05) is 24.5 Å². The number of methoxy groups -OCH3 is 1. The van der Waals surface area contributed by atoms with Gasteiger partial charge in [0, 0.05) is 54.9 Å². The minimum absolute atomic E-state index is 0.191. The second-order valence-corrected chi connectivity index (χ2v) is 9.65. The number of carbonyl (C=O) groups is 3. The normalized spacial score (nSPS) is 16.2. The van der Waals surface area contributed by atoms with Crippen LogP contribution in [0.4, 0.5) is 5.69 Å². The molecule has 1 saturated heterocycles. The summed E-state index contributed by atoms with van der Waals surface area (Å²) >= 11 is 1.57. The van der Waals surface area contributed by atoms with E-state index in [2.05, 4.69) is 15.6 Å². The zero-order chi connectivity index (χ0) is 25.4. The van der Waals surface area contributed by atoms with Crippen LogP contribution in [0, 0.1) is 0 Å². The molecule has 0 atom stereocenters. The molecule has 1 aromatic heterocycles. The third-order valence-corrected chi connectivity index (χ3v) is 7.24. The third kappa shape index (κ3) is 4.32. The lowest BCUT2D eigenvalue weighted by Crippen LogP contribution is -2.61. The maximum Gasteiger partial charge on any atom is 0.272 e. The molecule has 2 aromatic carbocycles. The maximum atomic E-state index is 13.4. The van der Waals surface area contributed by atoms with Crippen molar-refractivity contribution in [3.8, 4) is 11.5 Å². The Hall–Kier alpha value is -3.79. The number of nitrogens with zero attached hydrogens (tertiary/aromatic N) is 2. The Labute approximate surface area is 212 Å². The molecule has 9 nitrogen and oxygen atoms in total. The number of nitrogens with one attached hydrogen (secondary N) is 2. The predicted octanol–water partition coefficient (Wildman–Crippen LogP) is 3.68. The summed E-state index contributed by atoms with van der Waals surface area (Å²) in [7, 11) is 1.58. The first-order valence-corrected chi connectivity index (χ1v) is 12.8. The van der Waals surface area contributed by atoms with Crippen LogP contribution in [0.1, 0.15) is 40.6 Å². The zero-order valence-electron chi connectivity index (χ0n) is 20.2. The Balaban J connectivity index is 1.34. The van der Waals surface area contributed by atoms with Gasteiger partial charge >= 0.3 is 0 Å². The van der Waals surface area contributed by atoms with Crippen molar-refractivity contribution < 1.29 is 23.9 Å². The number of aromatic nitrogens is 1. The molecular weight excluding hydrogens is 480 g/mol. The van der Waals surface area contributed by atoms with Crippen LogP contribution < -0.4 is 20.1 Å². The van der Waals surface area contributed by atoms with Crippen LogP contribution in [0.25, 0.3) is 10.9 Å². The summed E-state index contributed by atoms with van der Waals surface area (Å²) in [5.74, 6) is 0.380. The van der Waals surface area contributed by atoms with E-state index in [-0.39, 0.29) is 17.7 Å². The lowest BCUT2D eigenvalue weighted by Gasteiger charge is -2.44. The number of amides is 3. The number of likely N-dealkylation sites (tertiary alicyclic amines) is 1. The molecule has 0 bridgehead atoms. The van der Waals surface area contributed by atoms with Crippen LogP contribution in [0.3, 0.4) is 0 Å². The van der Waals surface area contributed by atoms with Crippen molar-refractivity contribution in [3.05, 3.63) is 53.7 Å².